The number of halogens is 1. The van der Waals surface area contributed by atoms with E-state index in [0.717, 1.165) is 30.5 Å². The Labute approximate surface area is 157 Å². The Kier molecular flexibility index (Phi) is 4.79. The van der Waals surface area contributed by atoms with Crippen LogP contribution in [0.2, 0.25) is 0 Å². The number of benzene rings is 2. The van der Waals surface area contributed by atoms with Gasteiger partial charge >= 0.3 is 6.03 Å². The molecule has 3 amide bonds. The minimum Gasteiger partial charge on any atom is -0.349 e. The Morgan fingerprint density at radius 1 is 1.15 bits per heavy atom. The van der Waals surface area contributed by atoms with Gasteiger partial charge in [0.1, 0.15) is 5.82 Å². The van der Waals surface area contributed by atoms with Gasteiger partial charge < -0.3 is 10.6 Å². The molecule has 1 aliphatic heterocycles. The molecule has 2 fully saturated rings. The fourth-order valence-corrected chi connectivity index (χ4v) is 3.96. The number of nitrogens with one attached hydrogen (secondary N) is 2. The van der Waals surface area contributed by atoms with Gasteiger partial charge in [0.2, 0.25) is 0 Å². The van der Waals surface area contributed by atoms with Crippen LogP contribution >= 0.6 is 0 Å². The summed E-state index contributed by atoms with van der Waals surface area (Å²) in [6, 6.07) is 13.8. The summed E-state index contributed by atoms with van der Waals surface area (Å²) < 4.78 is 13.4. The number of hydrogen-bond donors (Lipinski definition) is 2. The molecule has 2 N–H and O–H groups in total. The number of hydrogen-bond acceptors (Lipinski definition) is 2. The van der Waals surface area contributed by atoms with Crippen molar-refractivity contribution in [1.82, 2.24) is 10.6 Å². The zero-order valence-corrected chi connectivity index (χ0v) is 15.0. The minimum absolute atomic E-state index is 0.0924. The third kappa shape index (κ3) is 3.79. The molecule has 2 aliphatic rings. The Balaban J connectivity index is 1.36. The maximum absolute atomic E-state index is 13.4. The van der Waals surface area contributed by atoms with Crippen LogP contribution in [0.4, 0.5) is 14.9 Å². The van der Waals surface area contributed by atoms with E-state index in [2.05, 4.69) is 10.6 Å². The number of carbonyl (C=O) groups excluding carboxylic acids is 2. The highest BCUT2D eigenvalue weighted by molar-refractivity contribution is 5.97. The number of amides is 3. The van der Waals surface area contributed by atoms with E-state index in [0.29, 0.717) is 18.7 Å². The van der Waals surface area contributed by atoms with Gasteiger partial charge in [-0.15, -0.1) is 0 Å². The van der Waals surface area contributed by atoms with Crippen LogP contribution in [0, 0.1) is 5.82 Å². The third-order valence-corrected chi connectivity index (χ3v) is 5.39. The van der Waals surface area contributed by atoms with Gasteiger partial charge in [-0.2, -0.15) is 0 Å². The molecule has 1 saturated carbocycles. The highest BCUT2D eigenvalue weighted by Crippen LogP contribution is 2.34. The van der Waals surface area contributed by atoms with Gasteiger partial charge in [-0.25, -0.2) is 9.18 Å². The van der Waals surface area contributed by atoms with Crippen molar-refractivity contribution < 1.29 is 14.0 Å². The quantitative estimate of drug-likeness (QED) is 0.870. The second kappa shape index (κ2) is 7.39. The predicted octanol–water partition coefficient (Wildman–Crippen LogP) is 3.42. The summed E-state index contributed by atoms with van der Waals surface area (Å²) in [6.07, 6.45) is 2.65. The normalized spacial score (nSPS) is 22.0. The van der Waals surface area contributed by atoms with Crippen LogP contribution in [-0.2, 0) is 0 Å². The summed E-state index contributed by atoms with van der Waals surface area (Å²) in [7, 11) is 0. The molecule has 140 valence electrons. The Morgan fingerprint density at radius 2 is 1.96 bits per heavy atom. The number of anilines is 1. The fraction of sp³-hybridized carbons (Fsp3) is 0.333. The summed E-state index contributed by atoms with van der Waals surface area (Å²) in [5.41, 5.74) is 2.36. The molecule has 1 aliphatic carbocycles. The largest absolute Gasteiger partial charge is 0.349 e. The van der Waals surface area contributed by atoms with Crippen LogP contribution in [0.5, 0.6) is 0 Å². The van der Waals surface area contributed by atoms with E-state index >= 15 is 0 Å². The average molecular weight is 367 g/mol. The van der Waals surface area contributed by atoms with Crippen LogP contribution < -0.4 is 15.5 Å². The first-order chi connectivity index (χ1) is 13.1. The van der Waals surface area contributed by atoms with Gasteiger partial charge in [-0.1, -0.05) is 12.1 Å². The van der Waals surface area contributed by atoms with E-state index in [-0.39, 0.29) is 29.7 Å². The van der Waals surface area contributed by atoms with Crippen molar-refractivity contribution in [3.8, 4) is 0 Å². The first-order valence-electron chi connectivity index (χ1n) is 9.32. The Bertz CT molecular complexity index is 853. The van der Waals surface area contributed by atoms with E-state index in [1.165, 1.54) is 6.07 Å². The molecule has 0 radical (unpaired) electrons. The summed E-state index contributed by atoms with van der Waals surface area (Å²) in [5, 5.41) is 5.84. The molecular weight excluding hydrogens is 345 g/mol. The molecule has 0 bridgehead atoms. The zero-order chi connectivity index (χ0) is 18.8. The highest BCUT2D eigenvalue weighted by atomic mass is 19.1. The van der Waals surface area contributed by atoms with E-state index < -0.39 is 0 Å². The summed E-state index contributed by atoms with van der Waals surface area (Å²) in [4.78, 5) is 25.9. The van der Waals surface area contributed by atoms with E-state index in [4.69, 9.17) is 0 Å². The van der Waals surface area contributed by atoms with E-state index in [9.17, 15) is 14.0 Å². The van der Waals surface area contributed by atoms with Crippen molar-refractivity contribution in [3.63, 3.8) is 0 Å². The van der Waals surface area contributed by atoms with Gasteiger partial charge in [-0.05, 0) is 67.1 Å². The molecule has 1 saturated heterocycles. The lowest BCUT2D eigenvalue weighted by Crippen LogP contribution is -2.33. The summed E-state index contributed by atoms with van der Waals surface area (Å²) in [6.45, 7) is 1.27. The molecule has 4 rings (SSSR count). The molecule has 2 aromatic carbocycles. The topological polar surface area (TPSA) is 61.4 Å². The summed E-state index contributed by atoms with van der Waals surface area (Å²) >= 11 is 0. The minimum atomic E-state index is -0.216. The SMILES string of the molecule is O=C(N[C@@H]1CC[C@H](c2cccc(F)c2)C1)c1ccc(N2CCNC2=O)cc1. The molecule has 0 unspecified atom stereocenters. The first-order valence-corrected chi connectivity index (χ1v) is 9.32. The fourth-order valence-electron chi connectivity index (χ4n) is 3.96. The third-order valence-electron chi connectivity index (χ3n) is 5.39. The van der Waals surface area contributed by atoms with Crippen LogP contribution in [0.1, 0.15) is 41.1 Å². The molecule has 2 atom stereocenters. The van der Waals surface area contributed by atoms with Crippen molar-refractivity contribution in [3.05, 3.63) is 65.5 Å². The lowest BCUT2D eigenvalue weighted by atomic mass is 9.97. The van der Waals surface area contributed by atoms with Gasteiger partial charge in [0.15, 0.2) is 0 Å². The maximum atomic E-state index is 13.4. The van der Waals surface area contributed by atoms with Gasteiger partial charge in [0.25, 0.3) is 5.91 Å². The van der Waals surface area contributed by atoms with E-state index in [1.807, 2.05) is 6.07 Å². The summed E-state index contributed by atoms with van der Waals surface area (Å²) in [5.74, 6) is -0.0499. The molecule has 0 aromatic heterocycles. The standard InChI is InChI=1S/C21H22FN3O2/c22-17-3-1-2-15(12-17)16-4-7-18(13-16)24-20(26)14-5-8-19(9-6-14)25-11-10-23-21(25)27/h1-3,5-6,8-9,12,16,18H,4,7,10-11,13H2,(H,23,27)(H,24,26)/t16-,18+/m0/s1. The van der Waals surface area contributed by atoms with Gasteiger partial charge in [0.05, 0.1) is 0 Å². The van der Waals surface area contributed by atoms with Crippen LogP contribution in [0.15, 0.2) is 48.5 Å². The first kappa shape index (κ1) is 17.5. The van der Waals surface area contributed by atoms with Crippen molar-refractivity contribution in [2.24, 2.45) is 0 Å². The van der Waals surface area contributed by atoms with Crippen molar-refractivity contribution in [2.75, 3.05) is 18.0 Å². The van der Waals surface area contributed by atoms with Crippen molar-refractivity contribution >= 4 is 17.6 Å². The smallest absolute Gasteiger partial charge is 0.321 e. The second-order valence-corrected chi connectivity index (χ2v) is 7.17. The van der Waals surface area contributed by atoms with Crippen LogP contribution in [0.3, 0.4) is 0 Å². The molecule has 27 heavy (non-hydrogen) atoms. The average Bonchev–Trinajstić information content (AvgIpc) is 3.31. The van der Waals surface area contributed by atoms with Crippen LogP contribution in [-0.4, -0.2) is 31.1 Å². The van der Waals surface area contributed by atoms with E-state index in [1.54, 1.807) is 41.3 Å². The molecule has 1 heterocycles. The molecule has 6 heteroatoms. The molecule has 0 spiro atoms. The molecule has 5 nitrogen and oxygen atoms in total. The maximum Gasteiger partial charge on any atom is 0.321 e. The van der Waals surface area contributed by atoms with Gasteiger partial charge in [0, 0.05) is 30.4 Å². The Hall–Kier alpha value is -2.89. The zero-order valence-electron chi connectivity index (χ0n) is 15.0. The Morgan fingerprint density at radius 3 is 2.67 bits per heavy atom. The highest BCUT2D eigenvalue weighted by Gasteiger charge is 2.27. The lowest BCUT2D eigenvalue weighted by molar-refractivity contribution is 0.0937. The second-order valence-electron chi connectivity index (χ2n) is 7.17. The lowest BCUT2D eigenvalue weighted by Gasteiger charge is -2.16. The number of nitrogens with zero attached hydrogens (tertiary/aromatic N) is 1. The monoisotopic (exact) mass is 367 g/mol. The molecule has 2 aromatic rings. The van der Waals surface area contributed by atoms with Crippen molar-refractivity contribution in [2.45, 2.75) is 31.2 Å². The predicted molar refractivity (Wildman–Crippen MR) is 101 cm³/mol. The number of urea groups is 1. The van der Waals surface area contributed by atoms with Gasteiger partial charge in [-0.3, -0.25) is 9.69 Å². The van der Waals surface area contributed by atoms with Crippen LogP contribution in [0.25, 0.3) is 0 Å². The number of rotatable bonds is 4. The molecular formula is C21H22FN3O2. The number of carbonyl (C=O) groups is 2. The van der Waals surface area contributed by atoms with Crippen molar-refractivity contribution in [1.29, 1.82) is 0 Å².